The summed E-state index contributed by atoms with van der Waals surface area (Å²) in [5.41, 5.74) is 6.61. The first-order chi connectivity index (χ1) is 7.31. The van der Waals surface area contributed by atoms with E-state index >= 15 is 0 Å². The van der Waals surface area contributed by atoms with Gasteiger partial charge in [-0.1, -0.05) is 13.8 Å². The molecule has 1 aromatic rings. The molecule has 0 aliphatic carbocycles. The van der Waals surface area contributed by atoms with Gasteiger partial charge in [0.1, 0.15) is 0 Å². The molecule has 3 nitrogen and oxygen atoms in total. The van der Waals surface area contributed by atoms with E-state index in [1.165, 1.54) is 5.69 Å². The molecule has 0 radical (unpaired) electrons. The van der Waals surface area contributed by atoms with Gasteiger partial charge in [0.25, 0.3) is 0 Å². The van der Waals surface area contributed by atoms with Crippen LogP contribution in [0.25, 0.3) is 0 Å². The van der Waals surface area contributed by atoms with Gasteiger partial charge in [0, 0.05) is 24.2 Å². The number of aromatic nitrogens is 2. The molecule has 0 aromatic carbocycles. The largest absolute Gasteiger partial charge is 0.330 e. The van der Waals surface area contributed by atoms with Crippen molar-refractivity contribution < 1.29 is 0 Å². The smallest absolute Gasteiger partial charge is 0.0723 e. The number of nitrogens with zero attached hydrogens (tertiary/aromatic N) is 2. The fraction of sp³-hybridized carbons (Fsp3) is 0.727. The maximum atomic E-state index is 5.44. The first-order valence-corrected chi connectivity index (χ1v) is 6.79. The van der Waals surface area contributed by atoms with Gasteiger partial charge in [0.2, 0.25) is 0 Å². The Kier molecular flexibility index (Phi) is 5.79. The zero-order valence-corrected chi connectivity index (χ0v) is 10.5. The summed E-state index contributed by atoms with van der Waals surface area (Å²) < 4.78 is 2.10. The molecule has 4 heteroatoms. The second-order valence-corrected chi connectivity index (χ2v) is 4.70. The monoisotopic (exact) mass is 227 g/mol. The van der Waals surface area contributed by atoms with Crippen molar-refractivity contribution in [2.45, 2.75) is 38.5 Å². The predicted molar refractivity (Wildman–Crippen MR) is 67.1 cm³/mol. The van der Waals surface area contributed by atoms with Crippen molar-refractivity contribution in [1.82, 2.24) is 9.78 Å². The van der Waals surface area contributed by atoms with Crippen LogP contribution in [0.4, 0.5) is 0 Å². The number of hydrogen-bond donors (Lipinski definition) is 1. The summed E-state index contributed by atoms with van der Waals surface area (Å²) in [7, 11) is 0. The summed E-state index contributed by atoms with van der Waals surface area (Å²) in [5, 5.41) is 4.58. The minimum atomic E-state index is 0.554. The van der Waals surface area contributed by atoms with Gasteiger partial charge in [-0.25, -0.2) is 0 Å². The average molecular weight is 227 g/mol. The van der Waals surface area contributed by atoms with Gasteiger partial charge >= 0.3 is 0 Å². The van der Waals surface area contributed by atoms with Crippen LogP contribution < -0.4 is 5.73 Å². The highest BCUT2D eigenvalue weighted by atomic mass is 32.2. The van der Waals surface area contributed by atoms with E-state index in [0.717, 1.165) is 30.9 Å². The summed E-state index contributed by atoms with van der Waals surface area (Å²) >= 11 is 1.85. The highest BCUT2D eigenvalue weighted by Crippen LogP contribution is 2.16. The van der Waals surface area contributed by atoms with Crippen LogP contribution in [0.2, 0.25) is 0 Å². The van der Waals surface area contributed by atoms with E-state index in [1.807, 2.05) is 11.8 Å². The first-order valence-electron chi connectivity index (χ1n) is 5.63. The fourth-order valence-corrected chi connectivity index (χ4v) is 2.25. The average Bonchev–Trinajstić information content (AvgIpc) is 2.69. The molecule has 0 saturated carbocycles. The molecule has 0 aliphatic heterocycles. The summed E-state index contributed by atoms with van der Waals surface area (Å²) in [6, 6.07) is 2.67. The molecule has 86 valence electrons. The molecule has 1 heterocycles. The topological polar surface area (TPSA) is 43.8 Å². The third-order valence-corrected chi connectivity index (χ3v) is 3.52. The van der Waals surface area contributed by atoms with Crippen LogP contribution in [-0.4, -0.2) is 22.1 Å². The van der Waals surface area contributed by atoms with Gasteiger partial charge in [-0.15, -0.1) is 0 Å². The van der Waals surface area contributed by atoms with Crippen LogP contribution in [0, 0.1) is 0 Å². The Hall–Kier alpha value is -0.480. The lowest BCUT2D eigenvalue weighted by Gasteiger charge is -2.12. The second kappa shape index (κ2) is 6.90. The van der Waals surface area contributed by atoms with E-state index in [1.54, 1.807) is 0 Å². The standard InChI is InChI=1S/C11H21N3S/c1-3-11(4-2)14-7-5-10(13-14)9-15-8-6-12/h5,7,11H,3-4,6,8-9,12H2,1-2H3. The van der Waals surface area contributed by atoms with Crippen molar-refractivity contribution in [3.63, 3.8) is 0 Å². The van der Waals surface area contributed by atoms with Crippen LogP contribution in [0.1, 0.15) is 38.4 Å². The second-order valence-electron chi connectivity index (χ2n) is 3.60. The Labute approximate surface area is 96.4 Å². The zero-order valence-electron chi connectivity index (χ0n) is 9.65. The normalized spacial score (nSPS) is 11.2. The molecule has 0 atom stereocenters. The van der Waals surface area contributed by atoms with E-state index in [4.69, 9.17) is 5.73 Å². The van der Waals surface area contributed by atoms with Gasteiger partial charge in [-0.2, -0.15) is 16.9 Å². The quantitative estimate of drug-likeness (QED) is 0.728. The lowest BCUT2D eigenvalue weighted by Crippen LogP contribution is -2.07. The number of nitrogens with two attached hydrogens (primary N) is 1. The Morgan fingerprint density at radius 1 is 1.47 bits per heavy atom. The first kappa shape index (κ1) is 12.6. The molecule has 0 spiro atoms. The molecule has 0 bridgehead atoms. The molecule has 15 heavy (non-hydrogen) atoms. The highest BCUT2D eigenvalue weighted by Gasteiger charge is 2.07. The van der Waals surface area contributed by atoms with E-state index < -0.39 is 0 Å². The van der Waals surface area contributed by atoms with E-state index in [9.17, 15) is 0 Å². The van der Waals surface area contributed by atoms with Crippen LogP contribution in [-0.2, 0) is 5.75 Å². The third kappa shape index (κ3) is 3.87. The minimum absolute atomic E-state index is 0.554. The van der Waals surface area contributed by atoms with Crippen LogP contribution in [0.5, 0.6) is 0 Å². The summed E-state index contributed by atoms with van der Waals surface area (Å²) in [4.78, 5) is 0. The molecule has 2 N–H and O–H groups in total. The molecular formula is C11H21N3S. The van der Waals surface area contributed by atoms with E-state index in [2.05, 4.69) is 35.9 Å². The van der Waals surface area contributed by atoms with Crippen molar-refractivity contribution in [2.24, 2.45) is 5.73 Å². The lowest BCUT2D eigenvalue weighted by atomic mass is 10.2. The SMILES string of the molecule is CCC(CC)n1ccc(CSCCN)n1. The highest BCUT2D eigenvalue weighted by molar-refractivity contribution is 7.98. The van der Waals surface area contributed by atoms with Crippen LogP contribution in [0.15, 0.2) is 12.3 Å². The van der Waals surface area contributed by atoms with Crippen molar-refractivity contribution in [3.8, 4) is 0 Å². The predicted octanol–water partition coefficient (Wildman–Crippen LogP) is 2.44. The maximum Gasteiger partial charge on any atom is 0.0723 e. The molecule has 0 saturated heterocycles. The molecule has 1 aromatic heterocycles. The van der Waals surface area contributed by atoms with Crippen LogP contribution >= 0.6 is 11.8 Å². The lowest BCUT2D eigenvalue weighted by molar-refractivity contribution is 0.426. The van der Waals surface area contributed by atoms with Gasteiger partial charge < -0.3 is 5.73 Å². The molecule has 0 aliphatic rings. The summed E-state index contributed by atoms with van der Waals surface area (Å²) in [6.07, 6.45) is 4.39. The Morgan fingerprint density at radius 3 is 2.80 bits per heavy atom. The van der Waals surface area contributed by atoms with Gasteiger partial charge in [0.15, 0.2) is 0 Å². The molecule has 0 unspecified atom stereocenters. The number of thioether (sulfide) groups is 1. The molecule has 0 fully saturated rings. The van der Waals surface area contributed by atoms with Gasteiger partial charge in [0.05, 0.1) is 11.7 Å². The van der Waals surface area contributed by atoms with Crippen molar-refractivity contribution in [2.75, 3.05) is 12.3 Å². The molecular weight excluding hydrogens is 206 g/mol. The fourth-order valence-electron chi connectivity index (χ4n) is 1.58. The summed E-state index contributed by atoms with van der Waals surface area (Å²) in [6.45, 7) is 5.16. The third-order valence-electron chi connectivity index (χ3n) is 2.49. The summed E-state index contributed by atoms with van der Waals surface area (Å²) in [5.74, 6) is 1.99. The van der Waals surface area contributed by atoms with Crippen molar-refractivity contribution in [1.29, 1.82) is 0 Å². The number of hydrogen-bond acceptors (Lipinski definition) is 3. The number of rotatable bonds is 7. The van der Waals surface area contributed by atoms with Crippen LogP contribution in [0.3, 0.4) is 0 Å². The Bertz CT molecular complexity index is 269. The van der Waals surface area contributed by atoms with Gasteiger partial charge in [-0.05, 0) is 18.9 Å². The molecule has 1 rings (SSSR count). The Morgan fingerprint density at radius 2 is 2.20 bits per heavy atom. The van der Waals surface area contributed by atoms with Crippen molar-refractivity contribution in [3.05, 3.63) is 18.0 Å². The minimum Gasteiger partial charge on any atom is -0.330 e. The van der Waals surface area contributed by atoms with Gasteiger partial charge in [-0.3, -0.25) is 4.68 Å². The van der Waals surface area contributed by atoms with E-state index in [-0.39, 0.29) is 0 Å². The van der Waals surface area contributed by atoms with E-state index in [0.29, 0.717) is 6.04 Å². The zero-order chi connectivity index (χ0) is 11.1. The van der Waals surface area contributed by atoms with Crippen molar-refractivity contribution >= 4 is 11.8 Å². The maximum absolute atomic E-state index is 5.44. The Balaban J connectivity index is 2.47. The molecule has 0 amide bonds.